The molecule has 1 atom stereocenters. The van der Waals surface area contributed by atoms with Crippen LogP contribution in [0.25, 0.3) is 0 Å². The lowest BCUT2D eigenvalue weighted by molar-refractivity contribution is 0.243. The molecule has 3 rings (SSSR count). The van der Waals surface area contributed by atoms with Crippen molar-refractivity contribution < 1.29 is 0 Å². The van der Waals surface area contributed by atoms with E-state index >= 15 is 0 Å². The number of rotatable bonds is 5. The van der Waals surface area contributed by atoms with Gasteiger partial charge in [-0.3, -0.25) is 4.90 Å². The molecule has 1 fully saturated rings. The van der Waals surface area contributed by atoms with Crippen molar-refractivity contribution >= 4 is 0 Å². The normalized spacial score (nSPS) is 22.0. The van der Waals surface area contributed by atoms with Crippen molar-refractivity contribution in [3.8, 4) is 6.07 Å². The molecular formula is C17H22N2. The third-order valence-corrected chi connectivity index (χ3v) is 4.52. The molecule has 0 N–H and O–H groups in total. The molecule has 2 aliphatic carbocycles. The van der Waals surface area contributed by atoms with Gasteiger partial charge in [0, 0.05) is 25.6 Å². The Kier molecular flexibility index (Phi) is 3.84. The molecule has 0 radical (unpaired) electrons. The van der Waals surface area contributed by atoms with E-state index in [2.05, 4.69) is 35.2 Å². The first-order chi connectivity index (χ1) is 9.38. The minimum absolute atomic E-state index is 0.671. The van der Waals surface area contributed by atoms with Gasteiger partial charge in [-0.25, -0.2) is 0 Å². The molecule has 1 aromatic rings. The summed E-state index contributed by atoms with van der Waals surface area (Å²) in [7, 11) is 0. The first kappa shape index (κ1) is 12.7. The number of hydrogen-bond donors (Lipinski definition) is 0. The van der Waals surface area contributed by atoms with Crippen molar-refractivity contribution in [1.29, 1.82) is 5.26 Å². The van der Waals surface area contributed by atoms with Crippen LogP contribution in [0.1, 0.15) is 49.1 Å². The molecule has 19 heavy (non-hydrogen) atoms. The van der Waals surface area contributed by atoms with Crippen LogP contribution in [0.5, 0.6) is 0 Å². The average Bonchev–Trinajstić information content (AvgIpc) is 3.28. The maximum atomic E-state index is 8.80. The fourth-order valence-corrected chi connectivity index (χ4v) is 3.38. The number of nitrogens with zero attached hydrogens (tertiary/aromatic N) is 2. The van der Waals surface area contributed by atoms with Crippen molar-refractivity contribution in [2.75, 3.05) is 13.1 Å². The predicted octanol–water partition coefficient (Wildman–Crippen LogP) is 3.48. The van der Waals surface area contributed by atoms with Crippen LogP contribution >= 0.6 is 0 Å². The highest BCUT2D eigenvalue weighted by Gasteiger charge is 2.31. The van der Waals surface area contributed by atoms with Crippen LogP contribution < -0.4 is 0 Å². The number of fused-ring (bicyclic) bond motifs is 1. The lowest BCUT2D eigenvalue weighted by Gasteiger charge is -2.31. The van der Waals surface area contributed by atoms with Crippen LogP contribution in [0, 0.1) is 11.3 Å². The van der Waals surface area contributed by atoms with E-state index < -0.39 is 0 Å². The summed E-state index contributed by atoms with van der Waals surface area (Å²) in [6.07, 6.45) is 7.21. The molecule has 0 aromatic heterocycles. The SMILES string of the molecule is N#CCCN(CC1CCCc2ccccc21)C1CC1. The van der Waals surface area contributed by atoms with Crippen LogP contribution in [-0.2, 0) is 6.42 Å². The highest BCUT2D eigenvalue weighted by Crippen LogP contribution is 2.35. The van der Waals surface area contributed by atoms with Crippen LogP contribution in [0.15, 0.2) is 24.3 Å². The molecule has 2 aliphatic rings. The molecular weight excluding hydrogens is 232 g/mol. The molecule has 0 saturated heterocycles. The third kappa shape index (κ3) is 2.98. The van der Waals surface area contributed by atoms with Crippen LogP contribution in [-0.4, -0.2) is 24.0 Å². The van der Waals surface area contributed by atoms with Gasteiger partial charge in [-0.15, -0.1) is 0 Å². The minimum Gasteiger partial charge on any atom is -0.299 e. The Morgan fingerprint density at radius 2 is 2.05 bits per heavy atom. The van der Waals surface area contributed by atoms with Gasteiger partial charge in [0.25, 0.3) is 0 Å². The largest absolute Gasteiger partial charge is 0.299 e. The van der Waals surface area contributed by atoms with Gasteiger partial charge >= 0.3 is 0 Å². The van der Waals surface area contributed by atoms with Gasteiger partial charge in [0.1, 0.15) is 0 Å². The van der Waals surface area contributed by atoms with Gasteiger partial charge in [-0.1, -0.05) is 24.3 Å². The highest BCUT2D eigenvalue weighted by atomic mass is 15.2. The zero-order chi connectivity index (χ0) is 13.1. The molecule has 1 unspecified atom stereocenters. The Morgan fingerprint density at radius 3 is 2.84 bits per heavy atom. The number of hydrogen-bond acceptors (Lipinski definition) is 2. The topological polar surface area (TPSA) is 27.0 Å². The Balaban J connectivity index is 1.70. The van der Waals surface area contributed by atoms with E-state index in [1.54, 1.807) is 11.1 Å². The lowest BCUT2D eigenvalue weighted by Crippen LogP contribution is -2.32. The van der Waals surface area contributed by atoms with E-state index in [4.69, 9.17) is 5.26 Å². The van der Waals surface area contributed by atoms with E-state index in [-0.39, 0.29) is 0 Å². The molecule has 0 aliphatic heterocycles. The summed E-state index contributed by atoms with van der Waals surface area (Å²) < 4.78 is 0. The predicted molar refractivity (Wildman–Crippen MR) is 76.9 cm³/mol. The standard InChI is InChI=1S/C17H22N2/c18-11-4-12-19(16-9-10-16)13-15-7-3-6-14-5-1-2-8-17(14)15/h1-2,5,8,15-16H,3-4,6-7,9-10,12-13H2. The van der Waals surface area contributed by atoms with Crippen molar-refractivity contribution in [1.82, 2.24) is 4.90 Å². The van der Waals surface area contributed by atoms with Crippen molar-refractivity contribution in [2.45, 2.75) is 50.5 Å². The fraction of sp³-hybridized carbons (Fsp3) is 0.588. The number of aryl methyl sites for hydroxylation is 1. The second-order valence-corrected chi connectivity index (χ2v) is 5.92. The summed E-state index contributed by atoms with van der Waals surface area (Å²) in [5.74, 6) is 0.684. The molecule has 2 heteroatoms. The maximum Gasteiger partial charge on any atom is 0.0635 e. The average molecular weight is 254 g/mol. The zero-order valence-corrected chi connectivity index (χ0v) is 11.5. The molecule has 1 saturated carbocycles. The van der Waals surface area contributed by atoms with Gasteiger partial charge in [-0.2, -0.15) is 5.26 Å². The Bertz CT molecular complexity index is 470. The smallest absolute Gasteiger partial charge is 0.0635 e. The van der Waals surface area contributed by atoms with E-state index in [1.807, 2.05) is 0 Å². The molecule has 100 valence electrons. The van der Waals surface area contributed by atoms with Gasteiger partial charge in [0.15, 0.2) is 0 Å². The monoisotopic (exact) mass is 254 g/mol. The van der Waals surface area contributed by atoms with Gasteiger partial charge in [0.05, 0.1) is 6.07 Å². The molecule has 1 aromatic carbocycles. The van der Waals surface area contributed by atoms with Crippen molar-refractivity contribution in [3.63, 3.8) is 0 Å². The first-order valence-corrected chi connectivity index (χ1v) is 7.57. The Morgan fingerprint density at radius 1 is 1.21 bits per heavy atom. The molecule has 0 heterocycles. The second-order valence-electron chi connectivity index (χ2n) is 5.92. The minimum atomic E-state index is 0.671. The second kappa shape index (κ2) is 5.75. The van der Waals surface area contributed by atoms with E-state index in [0.717, 1.165) is 19.1 Å². The van der Waals surface area contributed by atoms with E-state index in [0.29, 0.717) is 12.3 Å². The Labute approximate surface area is 116 Å². The summed E-state index contributed by atoms with van der Waals surface area (Å²) in [6, 6.07) is 12.0. The lowest BCUT2D eigenvalue weighted by atomic mass is 9.82. The van der Waals surface area contributed by atoms with E-state index in [1.165, 1.54) is 32.1 Å². The Hall–Kier alpha value is -1.33. The summed E-state index contributed by atoms with van der Waals surface area (Å²) in [5.41, 5.74) is 3.12. The highest BCUT2D eigenvalue weighted by molar-refractivity contribution is 5.32. The number of benzene rings is 1. The molecule has 0 amide bonds. The fourth-order valence-electron chi connectivity index (χ4n) is 3.38. The summed E-state index contributed by atoms with van der Waals surface area (Å²) in [4.78, 5) is 2.57. The van der Waals surface area contributed by atoms with Crippen LogP contribution in [0.2, 0.25) is 0 Å². The third-order valence-electron chi connectivity index (χ3n) is 4.52. The maximum absolute atomic E-state index is 8.80. The molecule has 0 spiro atoms. The van der Waals surface area contributed by atoms with Gasteiger partial charge in [-0.05, 0) is 49.1 Å². The quantitative estimate of drug-likeness (QED) is 0.804. The van der Waals surface area contributed by atoms with Crippen molar-refractivity contribution in [2.24, 2.45) is 0 Å². The molecule has 2 nitrogen and oxygen atoms in total. The first-order valence-electron chi connectivity index (χ1n) is 7.57. The van der Waals surface area contributed by atoms with Gasteiger partial charge < -0.3 is 0 Å². The summed E-state index contributed by atoms with van der Waals surface area (Å²) in [5, 5.41) is 8.80. The van der Waals surface area contributed by atoms with Gasteiger partial charge in [0.2, 0.25) is 0 Å². The van der Waals surface area contributed by atoms with E-state index in [9.17, 15) is 0 Å². The van der Waals surface area contributed by atoms with Crippen LogP contribution in [0.3, 0.4) is 0 Å². The summed E-state index contributed by atoms with van der Waals surface area (Å²) in [6.45, 7) is 2.11. The van der Waals surface area contributed by atoms with Crippen LogP contribution in [0.4, 0.5) is 0 Å². The zero-order valence-electron chi connectivity index (χ0n) is 11.5. The molecule has 0 bridgehead atoms. The van der Waals surface area contributed by atoms with Crippen molar-refractivity contribution in [3.05, 3.63) is 35.4 Å². The summed E-state index contributed by atoms with van der Waals surface area (Å²) >= 11 is 0. The number of nitriles is 1.